The third-order valence-electron chi connectivity index (χ3n) is 3.85. The number of unbranched alkanes of at least 4 members (excludes halogenated alkanes) is 1. The van der Waals surface area contributed by atoms with E-state index in [0.29, 0.717) is 30.2 Å². The lowest BCUT2D eigenvalue weighted by Gasteiger charge is -2.17. The van der Waals surface area contributed by atoms with Gasteiger partial charge in [-0.2, -0.15) is 0 Å². The molecule has 0 bridgehead atoms. The lowest BCUT2D eigenvalue weighted by molar-refractivity contribution is -0.145. The number of ether oxygens (including phenoxy) is 2. The van der Waals surface area contributed by atoms with Gasteiger partial charge in [0.25, 0.3) is 0 Å². The summed E-state index contributed by atoms with van der Waals surface area (Å²) in [5.74, 6) is 0.349. The second-order valence-electron chi connectivity index (χ2n) is 6.13. The van der Waals surface area contributed by atoms with E-state index in [1.54, 1.807) is 24.3 Å². The first kappa shape index (κ1) is 19.9. The molecule has 2 aromatic carbocycles. The van der Waals surface area contributed by atoms with E-state index in [-0.39, 0.29) is 0 Å². The monoisotopic (exact) mass is 377 g/mol. The molecule has 0 aliphatic heterocycles. The Hall–Kier alpha value is -2.40. The molecule has 0 spiro atoms. The summed E-state index contributed by atoms with van der Waals surface area (Å²) in [4.78, 5) is 13.4. The Morgan fingerprint density at radius 2 is 1.65 bits per heavy atom. The van der Waals surface area contributed by atoms with Crippen molar-refractivity contribution in [1.29, 1.82) is 0 Å². The highest BCUT2D eigenvalue weighted by Crippen LogP contribution is 2.20. The highest BCUT2D eigenvalue weighted by atomic mass is 35.5. The Kier molecular flexibility index (Phi) is 7.60. The number of benzene rings is 2. The van der Waals surface area contributed by atoms with Crippen LogP contribution in [0.3, 0.4) is 0 Å². The molecule has 0 fully saturated rings. The van der Waals surface area contributed by atoms with Gasteiger partial charge in [0.2, 0.25) is 0 Å². The maximum Gasteiger partial charge on any atom is 0.344 e. The van der Waals surface area contributed by atoms with Gasteiger partial charge in [0.05, 0.1) is 6.61 Å². The number of hydrogen-bond acceptors (Lipinski definition) is 4. The minimum absolute atomic E-state index is 0.425. The zero-order valence-corrected chi connectivity index (χ0v) is 15.8. The summed E-state index contributed by atoms with van der Waals surface area (Å²) in [7, 11) is 3.89. The summed E-state index contributed by atoms with van der Waals surface area (Å²) in [6, 6.07) is 14.5. The quantitative estimate of drug-likeness (QED) is 0.618. The normalized spacial score (nSPS) is 11.7. The third kappa shape index (κ3) is 6.48. The van der Waals surface area contributed by atoms with Gasteiger partial charge in [-0.3, -0.25) is 0 Å². The molecule has 26 heavy (non-hydrogen) atoms. The van der Waals surface area contributed by atoms with E-state index in [4.69, 9.17) is 21.1 Å². The number of carboxylic acid groups (broad SMARTS) is 1. The number of hydrogen-bond donors (Lipinski definition) is 1. The molecule has 2 rings (SSSR count). The summed E-state index contributed by atoms with van der Waals surface area (Å²) in [6.45, 7) is 0.519. The van der Waals surface area contributed by atoms with Gasteiger partial charge in [0.15, 0.2) is 6.10 Å². The number of anilines is 1. The number of halogens is 1. The summed E-state index contributed by atoms with van der Waals surface area (Å²) < 4.78 is 11.2. The molecule has 0 aliphatic carbocycles. The Morgan fingerprint density at radius 1 is 1.04 bits per heavy atom. The highest BCUT2D eigenvalue weighted by Gasteiger charge is 2.19. The molecule has 0 heterocycles. The molecule has 0 saturated carbocycles. The number of carbonyl (C=O) groups is 1. The van der Waals surface area contributed by atoms with Crippen LogP contribution < -0.4 is 14.4 Å². The first-order valence-electron chi connectivity index (χ1n) is 8.51. The fraction of sp³-hybridized carbons (Fsp3) is 0.350. The van der Waals surface area contributed by atoms with E-state index in [0.717, 1.165) is 17.9 Å². The molecule has 0 amide bonds. The van der Waals surface area contributed by atoms with E-state index in [9.17, 15) is 9.90 Å². The number of nitrogens with zero attached hydrogens (tertiary/aromatic N) is 1. The standard InChI is InChI=1S/C20H24ClNO4/c1-22(2)16-8-12-18(13-9-16)26-19(20(23)24)5-3-4-14-25-17-10-6-15(21)7-11-17/h6-13,19H,3-5,14H2,1-2H3,(H,23,24). The summed E-state index contributed by atoms with van der Waals surface area (Å²) in [6.07, 6.45) is 1.00. The SMILES string of the molecule is CN(C)c1ccc(OC(CCCCOc2ccc(Cl)cc2)C(=O)O)cc1. The van der Waals surface area contributed by atoms with Crippen LogP contribution in [0.15, 0.2) is 48.5 Å². The van der Waals surface area contributed by atoms with Crippen LogP contribution in [0, 0.1) is 0 Å². The van der Waals surface area contributed by atoms with Crippen LogP contribution in [-0.2, 0) is 4.79 Å². The van der Waals surface area contributed by atoms with Crippen LogP contribution in [0.2, 0.25) is 5.02 Å². The Balaban J connectivity index is 1.75. The average molecular weight is 378 g/mol. The predicted octanol–water partition coefficient (Wildman–Crippen LogP) is 4.49. The lowest BCUT2D eigenvalue weighted by Crippen LogP contribution is -2.27. The molecule has 6 heteroatoms. The van der Waals surface area contributed by atoms with Gasteiger partial charge < -0.3 is 19.5 Å². The van der Waals surface area contributed by atoms with Gasteiger partial charge in [-0.05, 0) is 67.8 Å². The van der Waals surface area contributed by atoms with Crippen molar-refractivity contribution in [3.05, 3.63) is 53.6 Å². The summed E-state index contributed by atoms with van der Waals surface area (Å²) >= 11 is 5.82. The van der Waals surface area contributed by atoms with E-state index >= 15 is 0 Å². The molecule has 1 unspecified atom stereocenters. The Bertz CT molecular complexity index is 686. The number of carboxylic acids is 1. The van der Waals surface area contributed by atoms with E-state index in [1.165, 1.54) is 0 Å². The van der Waals surface area contributed by atoms with Gasteiger partial charge in [-0.1, -0.05) is 11.6 Å². The molecule has 0 saturated heterocycles. The van der Waals surface area contributed by atoms with Crippen molar-refractivity contribution in [1.82, 2.24) is 0 Å². The van der Waals surface area contributed by atoms with Gasteiger partial charge >= 0.3 is 5.97 Å². The molecule has 1 atom stereocenters. The minimum atomic E-state index is -0.958. The van der Waals surface area contributed by atoms with Crippen LogP contribution in [0.4, 0.5) is 5.69 Å². The minimum Gasteiger partial charge on any atom is -0.494 e. The molecule has 140 valence electrons. The van der Waals surface area contributed by atoms with Crippen molar-refractivity contribution in [3.8, 4) is 11.5 Å². The second kappa shape index (κ2) is 9.92. The fourth-order valence-corrected chi connectivity index (χ4v) is 2.50. The first-order chi connectivity index (χ1) is 12.5. The van der Waals surface area contributed by atoms with E-state index < -0.39 is 12.1 Å². The highest BCUT2D eigenvalue weighted by molar-refractivity contribution is 6.30. The first-order valence-corrected chi connectivity index (χ1v) is 8.88. The number of rotatable bonds is 10. The van der Waals surface area contributed by atoms with Crippen molar-refractivity contribution < 1.29 is 19.4 Å². The van der Waals surface area contributed by atoms with Crippen LogP contribution in [0.5, 0.6) is 11.5 Å². The van der Waals surface area contributed by atoms with Crippen molar-refractivity contribution >= 4 is 23.3 Å². The zero-order chi connectivity index (χ0) is 18.9. The smallest absolute Gasteiger partial charge is 0.344 e. The van der Waals surface area contributed by atoms with Gasteiger partial charge in [0.1, 0.15) is 11.5 Å². The molecule has 0 aromatic heterocycles. The van der Waals surface area contributed by atoms with Crippen LogP contribution in [0.1, 0.15) is 19.3 Å². The van der Waals surface area contributed by atoms with Crippen molar-refractivity contribution in [2.75, 3.05) is 25.6 Å². The fourth-order valence-electron chi connectivity index (χ4n) is 2.37. The molecule has 5 nitrogen and oxygen atoms in total. The molecular formula is C20H24ClNO4. The largest absolute Gasteiger partial charge is 0.494 e. The van der Waals surface area contributed by atoms with Crippen molar-refractivity contribution in [3.63, 3.8) is 0 Å². The average Bonchev–Trinajstić information content (AvgIpc) is 2.62. The topological polar surface area (TPSA) is 59.0 Å². The Labute approximate surface area is 159 Å². The predicted molar refractivity (Wildman–Crippen MR) is 104 cm³/mol. The van der Waals surface area contributed by atoms with E-state index in [1.807, 2.05) is 43.3 Å². The third-order valence-corrected chi connectivity index (χ3v) is 4.10. The molecule has 1 N–H and O–H groups in total. The Morgan fingerprint density at radius 3 is 2.23 bits per heavy atom. The van der Waals surface area contributed by atoms with Crippen molar-refractivity contribution in [2.45, 2.75) is 25.4 Å². The molecular weight excluding hydrogens is 354 g/mol. The summed E-state index contributed by atoms with van der Waals surface area (Å²) in [5, 5.41) is 10.0. The van der Waals surface area contributed by atoms with E-state index in [2.05, 4.69) is 0 Å². The van der Waals surface area contributed by atoms with Gasteiger partial charge in [0, 0.05) is 24.8 Å². The van der Waals surface area contributed by atoms with Crippen molar-refractivity contribution in [2.24, 2.45) is 0 Å². The second-order valence-corrected chi connectivity index (χ2v) is 6.57. The van der Waals surface area contributed by atoms with Crippen LogP contribution in [0.25, 0.3) is 0 Å². The zero-order valence-electron chi connectivity index (χ0n) is 15.0. The summed E-state index contributed by atoms with van der Waals surface area (Å²) in [5.41, 5.74) is 1.03. The van der Waals surface area contributed by atoms with Gasteiger partial charge in [-0.15, -0.1) is 0 Å². The van der Waals surface area contributed by atoms with Gasteiger partial charge in [-0.25, -0.2) is 4.79 Å². The molecule has 0 aliphatic rings. The molecule has 2 aromatic rings. The maximum atomic E-state index is 11.4. The lowest BCUT2D eigenvalue weighted by atomic mass is 10.1. The van der Waals surface area contributed by atoms with Crippen LogP contribution in [-0.4, -0.2) is 37.9 Å². The maximum absolute atomic E-state index is 11.4. The van der Waals surface area contributed by atoms with Crippen LogP contribution >= 0.6 is 11.6 Å². The number of aliphatic carboxylic acids is 1. The molecule has 0 radical (unpaired) electrons.